The Morgan fingerprint density at radius 3 is 2.52 bits per heavy atom. The predicted molar refractivity (Wildman–Crippen MR) is 128 cm³/mol. The molecule has 0 atom stereocenters. The number of carbonyl (C=O) groups excluding carboxylic acids is 2. The second kappa shape index (κ2) is 10.8. The van der Waals surface area contributed by atoms with Crippen LogP contribution < -0.4 is 20.2 Å². The van der Waals surface area contributed by atoms with Crippen LogP contribution in [0.1, 0.15) is 31.8 Å². The Hall–Kier alpha value is -3.62. The molecule has 1 aromatic heterocycles. The lowest BCUT2D eigenvalue weighted by molar-refractivity contribution is 0.0956. The number of hydrogen-bond donors (Lipinski definition) is 2. The highest BCUT2D eigenvalue weighted by molar-refractivity contribution is 6.33. The molecule has 0 aliphatic rings. The van der Waals surface area contributed by atoms with Crippen molar-refractivity contribution in [3.8, 4) is 11.5 Å². The van der Waals surface area contributed by atoms with Crippen LogP contribution in [-0.4, -0.2) is 37.2 Å². The van der Waals surface area contributed by atoms with Crippen molar-refractivity contribution in [3.05, 3.63) is 81.1 Å². The first-order valence-corrected chi connectivity index (χ1v) is 10.4. The zero-order valence-corrected chi connectivity index (χ0v) is 19.5. The molecule has 0 saturated carbocycles. The number of hydrazone groups is 1. The van der Waals surface area contributed by atoms with Crippen molar-refractivity contribution in [2.75, 3.05) is 19.5 Å². The number of anilines is 1. The van der Waals surface area contributed by atoms with Crippen LogP contribution in [-0.2, 0) is 0 Å². The average Bonchev–Trinajstić information content (AvgIpc) is 2.80. The summed E-state index contributed by atoms with van der Waals surface area (Å²) in [7, 11) is 3.07. The molecular weight excluding hydrogens is 467 g/mol. The Bertz CT molecular complexity index is 1230. The molecule has 0 radical (unpaired) electrons. The molecule has 0 aliphatic heterocycles. The van der Waals surface area contributed by atoms with Crippen LogP contribution in [0.2, 0.25) is 10.2 Å². The third-order valence-corrected chi connectivity index (χ3v) is 5.12. The van der Waals surface area contributed by atoms with E-state index in [4.69, 9.17) is 32.7 Å². The molecule has 0 saturated heterocycles. The number of aryl methyl sites for hydroxylation is 1. The van der Waals surface area contributed by atoms with Gasteiger partial charge in [-0.2, -0.15) is 5.10 Å². The smallest absolute Gasteiger partial charge is 0.273 e. The number of methoxy groups -OCH3 is 2. The van der Waals surface area contributed by atoms with Crippen LogP contribution in [0.5, 0.6) is 11.5 Å². The quantitative estimate of drug-likeness (QED) is 0.285. The molecule has 8 nitrogen and oxygen atoms in total. The van der Waals surface area contributed by atoms with Crippen molar-refractivity contribution in [1.29, 1.82) is 0 Å². The lowest BCUT2D eigenvalue weighted by Crippen LogP contribution is -2.22. The second-order valence-electron chi connectivity index (χ2n) is 6.75. The molecular formula is C23H20Cl2N4O4. The van der Waals surface area contributed by atoms with Crippen LogP contribution in [0.25, 0.3) is 0 Å². The Balaban J connectivity index is 1.84. The van der Waals surface area contributed by atoms with E-state index in [1.54, 1.807) is 44.4 Å². The van der Waals surface area contributed by atoms with Gasteiger partial charge in [-0.1, -0.05) is 23.2 Å². The van der Waals surface area contributed by atoms with E-state index < -0.39 is 11.8 Å². The molecule has 0 spiro atoms. The number of hydrogen-bond acceptors (Lipinski definition) is 6. The molecule has 2 amide bonds. The van der Waals surface area contributed by atoms with Crippen LogP contribution in [0, 0.1) is 6.92 Å². The molecule has 2 aromatic carbocycles. The number of benzene rings is 2. The maximum atomic E-state index is 12.9. The number of amides is 2. The number of halogens is 2. The molecule has 3 rings (SSSR count). The fourth-order valence-electron chi connectivity index (χ4n) is 2.97. The maximum Gasteiger partial charge on any atom is 0.273 e. The van der Waals surface area contributed by atoms with Gasteiger partial charge in [0, 0.05) is 22.8 Å². The molecule has 2 N–H and O–H groups in total. The van der Waals surface area contributed by atoms with Gasteiger partial charge in [-0.15, -0.1) is 0 Å². The van der Waals surface area contributed by atoms with Gasteiger partial charge in [-0.05, 0) is 48.9 Å². The zero-order valence-electron chi connectivity index (χ0n) is 18.0. The number of aromatic nitrogens is 1. The minimum absolute atomic E-state index is 0.0469. The van der Waals surface area contributed by atoms with Crippen LogP contribution in [0.4, 0.5) is 5.69 Å². The molecule has 0 fully saturated rings. The molecule has 10 heteroatoms. The topological polar surface area (TPSA) is 102 Å². The number of nitrogens with zero attached hydrogens (tertiary/aromatic N) is 2. The molecule has 33 heavy (non-hydrogen) atoms. The molecule has 170 valence electrons. The normalized spacial score (nSPS) is 10.7. The van der Waals surface area contributed by atoms with Crippen molar-refractivity contribution < 1.29 is 19.1 Å². The third kappa shape index (κ3) is 5.79. The minimum Gasteiger partial charge on any atom is -0.497 e. The Morgan fingerprint density at radius 2 is 1.82 bits per heavy atom. The third-order valence-electron chi connectivity index (χ3n) is 4.60. The highest BCUT2D eigenvalue weighted by atomic mass is 35.5. The molecule has 0 bridgehead atoms. The van der Waals surface area contributed by atoms with E-state index >= 15 is 0 Å². The minimum atomic E-state index is -0.572. The lowest BCUT2D eigenvalue weighted by Gasteiger charge is -2.14. The van der Waals surface area contributed by atoms with Gasteiger partial charge >= 0.3 is 0 Å². The van der Waals surface area contributed by atoms with E-state index in [2.05, 4.69) is 20.8 Å². The van der Waals surface area contributed by atoms with Gasteiger partial charge < -0.3 is 14.8 Å². The standard InChI is InChI=1S/C23H20Cl2N4O4/c1-13-9-15(24)10-18(20(13)28-22(30)17-5-4-8-26-21(17)25)23(31)29-27-12-14-6-7-16(32-2)11-19(14)33-3/h4-12H,1-3H3,(H,28,30)(H,29,31)/b27-12-. The first-order chi connectivity index (χ1) is 15.8. The summed E-state index contributed by atoms with van der Waals surface area (Å²) in [5.74, 6) is 0.0553. The van der Waals surface area contributed by atoms with Gasteiger partial charge in [0.1, 0.15) is 16.7 Å². The van der Waals surface area contributed by atoms with Crippen LogP contribution in [0.15, 0.2) is 53.8 Å². The van der Waals surface area contributed by atoms with Crippen molar-refractivity contribution in [3.63, 3.8) is 0 Å². The summed E-state index contributed by atoms with van der Waals surface area (Å²) in [6.07, 6.45) is 2.91. The fourth-order valence-corrected chi connectivity index (χ4v) is 3.45. The van der Waals surface area contributed by atoms with Crippen molar-refractivity contribution in [1.82, 2.24) is 10.4 Å². The summed E-state index contributed by atoms with van der Waals surface area (Å²) >= 11 is 12.2. The first kappa shape index (κ1) is 24.0. The van der Waals surface area contributed by atoms with Gasteiger partial charge in [0.25, 0.3) is 11.8 Å². The lowest BCUT2D eigenvalue weighted by atomic mass is 10.1. The van der Waals surface area contributed by atoms with Crippen molar-refractivity contribution >= 4 is 46.9 Å². The predicted octanol–water partition coefficient (Wildman–Crippen LogP) is 4.73. The van der Waals surface area contributed by atoms with Crippen LogP contribution in [0.3, 0.4) is 0 Å². The molecule has 0 unspecified atom stereocenters. The summed E-state index contributed by atoms with van der Waals surface area (Å²) in [5, 5.41) is 7.09. The molecule has 1 heterocycles. The largest absolute Gasteiger partial charge is 0.497 e. The Morgan fingerprint density at radius 1 is 1.03 bits per heavy atom. The van der Waals surface area contributed by atoms with Crippen LogP contribution >= 0.6 is 23.2 Å². The second-order valence-corrected chi connectivity index (χ2v) is 7.54. The molecule has 0 aliphatic carbocycles. The molecule has 3 aromatic rings. The monoisotopic (exact) mass is 486 g/mol. The number of ether oxygens (including phenoxy) is 2. The van der Waals surface area contributed by atoms with Crippen molar-refractivity contribution in [2.45, 2.75) is 6.92 Å². The van der Waals surface area contributed by atoms with E-state index in [0.717, 1.165) is 0 Å². The zero-order chi connectivity index (χ0) is 24.0. The summed E-state index contributed by atoms with van der Waals surface area (Å²) < 4.78 is 10.5. The van der Waals surface area contributed by atoms with E-state index in [9.17, 15) is 9.59 Å². The van der Waals surface area contributed by atoms with Gasteiger partial charge in [0.15, 0.2) is 0 Å². The fraction of sp³-hybridized carbons (Fsp3) is 0.130. The summed E-state index contributed by atoms with van der Waals surface area (Å²) in [4.78, 5) is 29.5. The van der Waals surface area contributed by atoms with Gasteiger partial charge in [0.05, 0.1) is 37.2 Å². The van der Waals surface area contributed by atoms with Gasteiger partial charge in [-0.3, -0.25) is 9.59 Å². The van der Waals surface area contributed by atoms with Gasteiger partial charge in [0.2, 0.25) is 0 Å². The summed E-state index contributed by atoms with van der Waals surface area (Å²) in [5.41, 5.74) is 4.23. The average molecular weight is 487 g/mol. The van der Waals surface area contributed by atoms with E-state index in [-0.39, 0.29) is 22.0 Å². The Labute approximate surface area is 200 Å². The SMILES string of the molecule is COc1ccc(/C=N\NC(=O)c2cc(Cl)cc(C)c2NC(=O)c2cccnc2Cl)c(OC)c1. The maximum absolute atomic E-state index is 12.9. The summed E-state index contributed by atoms with van der Waals surface area (Å²) in [6, 6.07) is 11.4. The van der Waals surface area contributed by atoms with E-state index in [1.807, 2.05) is 0 Å². The highest BCUT2D eigenvalue weighted by Crippen LogP contribution is 2.27. The van der Waals surface area contributed by atoms with Crippen molar-refractivity contribution in [2.24, 2.45) is 5.10 Å². The number of nitrogens with one attached hydrogen (secondary N) is 2. The Kier molecular flexibility index (Phi) is 7.87. The van der Waals surface area contributed by atoms with E-state index in [1.165, 1.54) is 31.7 Å². The number of carbonyl (C=O) groups is 2. The first-order valence-electron chi connectivity index (χ1n) is 9.61. The van der Waals surface area contributed by atoms with E-state index in [0.29, 0.717) is 27.6 Å². The number of pyridine rings is 1. The summed E-state index contributed by atoms with van der Waals surface area (Å²) in [6.45, 7) is 1.72. The van der Waals surface area contributed by atoms with Gasteiger partial charge in [-0.25, -0.2) is 10.4 Å². The highest BCUT2D eigenvalue weighted by Gasteiger charge is 2.19. The number of rotatable bonds is 7.